The van der Waals surface area contributed by atoms with Gasteiger partial charge in [-0.1, -0.05) is 42.5 Å². The summed E-state index contributed by atoms with van der Waals surface area (Å²) in [6.45, 7) is 3.53. The lowest BCUT2D eigenvalue weighted by atomic mass is 9.96. The van der Waals surface area contributed by atoms with Gasteiger partial charge >= 0.3 is 0 Å². The summed E-state index contributed by atoms with van der Waals surface area (Å²) < 4.78 is 0. The molecule has 2 aliphatic carbocycles. The van der Waals surface area contributed by atoms with Crippen molar-refractivity contribution in [3.8, 4) is 0 Å². The summed E-state index contributed by atoms with van der Waals surface area (Å²) in [4.78, 5) is 0. The zero-order valence-electron chi connectivity index (χ0n) is 12.9. The summed E-state index contributed by atoms with van der Waals surface area (Å²) in [6, 6.07) is 15.9. The SMILES string of the molecule is CC(NCC(C1CC1)C1CC1)c1cccc2ccccc12. The van der Waals surface area contributed by atoms with Gasteiger partial charge in [0.05, 0.1) is 0 Å². The molecule has 0 saturated heterocycles. The predicted octanol–water partition coefficient (Wildman–Crippen LogP) is 4.93. The van der Waals surface area contributed by atoms with Gasteiger partial charge in [0.1, 0.15) is 0 Å². The summed E-state index contributed by atoms with van der Waals surface area (Å²) in [5, 5.41) is 6.58. The molecule has 4 rings (SSSR count). The quantitative estimate of drug-likeness (QED) is 0.791. The lowest BCUT2D eigenvalue weighted by molar-refractivity contribution is 0.362. The molecule has 0 aromatic heterocycles. The Kier molecular flexibility index (Phi) is 3.46. The molecule has 0 bridgehead atoms. The number of benzene rings is 2. The Hall–Kier alpha value is -1.34. The van der Waals surface area contributed by atoms with Gasteiger partial charge < -0.3 is 5.32 Å². The van der Waals surface area contributed by atoms with Crippen LogP contribution in [0.2, 0.25) is 0 Å². The lowest BCUT2D eigenvalue weighted by Gasteiger charge is -2.21. The van der Waals surface area contributed by atoms with Gasteiger partial charge in [-0.25, -0.2) is 0 Å². The Labute approximate surface area is 127 Å². The van der Waals surface area contributed by atoms with Crippen molar-refractivity contribution in [3.05, 3.63) is 48.0 Å². The largest absolute Gasteiger partial charge is 0.310 e. The fourth-order valence-corrected chi connectivity index (χ4v) is 3.82. The van der Waals surface area contributed by atoms with Gasteiger partial charge in [-0.05, 0) is 73.2 Å². The molecule has 1 N–H and O–H groups in total. The van der Waals surface area contributed by atoms with E-state index in [0.717, 1.165) is 17.8 Å². The highest BCUT2D eigenvalue weighted by Crippen LogP contribution is 2.49. The third-order valence-electron chi connectivity index (χ3n) is 5.40. The maximum Gasteiger partial charge on any atom is 0.0298 e. The molecular formula is C20H25N. The molecule has 110 valence electrons. The highest BCUT2D eigenvalue weighted by atomic mass is 14.9. The van der Waals surface area contributed by atoms with Crippen molar-refractivity contribution in [1.29, 1.82) is 0 Å². The second kappa shape index (κ2) is 5.46. The second-order valence-electron chi connectivity index (χ2n) is 7.04. The first-order chi connectivity index (χ1) is 10.3. The number of fused-ring (bicyclic) bond motifs is 1. The highest BCUT2D eigenvalue weighted by molar-refractivity contribution is 5.86. The van der Waals surface area contributed by atoms with Gasteiger partial charge in [0.15, 0.2) is 0 Å². The van der Waals surface area contributed by atoms with E-state index < -0.39 is 0 Å². The summed E-state index contributed by atoms with van der Waals surface area (Å²) >= 11 is 0. The molecule has 1 atom stereocenters. The van der Waals surface area contributed by atoms with E-state index in [9.17, 15) is 0 Å². The van der Waals surface area contributed by atoms with E-state index in [1.54, 1.807) is 0 Å². The van der Waals surface area contributed by atoms with E-state index in [4.69, 9.17) is 0 Å². The van der Waals surface area contributed by atoms with Gasteiger partial charge in [-0.15, -0.1) is 0 Å². The number of hydrogen-bond acceptors (Lipinski definition) is 1. The fraction of sp³-hybridized carbons (Fsp3) is 0.500. The minimum Gasteiger partial charge on any atom is -0.310 e. The van der Waals surface area contributed by atoms with Crippen LogP contribution in [0.4, 0.5) is 0 Å². The zero-order valence-corrected chi connectivity index (χ0v) is 12.9. The van der Waals surface area contributed by atoms with Crippen LogP contribution < -0.4 is 5.32 Å². The second-order valence-corrected chi connectivity index (χ2v) is 7.04. The standard InChI is InChI=1S/C20H25N/c1-14(21-13-20(16-9-10-16)17-11-12-17)18-8-4-6-15-5-2-3-7-19(15)18/h2-8,14,16-17,20-21H,9-13H2,1H3. The maximum atomic E-state index is 3.83. The van der Waals surface area contributed by atoms with Crippen molar-refractivity contribution in [1.82, 2.24) is 5.32 Å². The van der Waals surface area contributed by atoms with Crippen LogP contribution in [0.1, 0.15) is 44.2 Å². The Bertz CT molecular complexity index is 607. The average molecular weight is 279 g/mol. The average Bonchev–Trinajstić information content (AvgIpc) is 3.39. The van der Waals surface area contributed by atoms with Crippen molar-refractivity contribution in [2.24, 2.45) is 17.8 Å². The molecule has 0 aliphatic heterocycles. The molecule has 2 fully saturated rings. The van der Waals surface area contributed by atoms with Crippen LogP contribution in [-0.4, -0.2) is 6.54 Å². The monoisotopic (exact) mass is 279 g/mol. The molecule has 0 amide bonds. The molecule has 21 heavy (non-hydrogen) atoms. The first-order valence-corrected chi connectivity index (χ1v) is 8.54. The van der Waals surface area contributed by atoms with Crippen LogP contribution >= 0.6 is 0 Å². The lowest BCUT2D eigenvalue weighted by Crippen LogP contribution is -2.28. The van der Waals surface area contributed by atoms with Crippen molar-refractivity contribution in [2.45, 2.75) is 38.6 Å². The highest BCUT2D eigenvalue weighted by Gasteiger charge is 2.41. The first kappa shape index (κ1) is 13.3. The summed E-state index contributed by atoms with van der Waals surface area (Å²) in [6.07, 6.45) is 5.91. The van der Waals surface area contributed by atoms with Gasteiger partial charge in [-0.3, -0.25) is 0 Å². The Morgan fingerprint density at radius 1 is 0.952 bits per heavy atom. The van der Waals surface area contributed by atoms with E-state index in [0.29, 0.717) is 6.04 Å². The molecule has 1 unspecified atom stereocenters. The van der Waals surface area contributed by atoms with Gasteiger partial charge in [0, 0.05) is 6.04 Å². The molecule has 2 saturated carbocycles. The smallest absolute Gasteiger partial charge is 0.0298 e. The van der Waals surface area contributed by atoms with E-state index in [2.05, 4.69) is 54.7 Å². The summed E-state index contributed by atoms with van der Waals surface area (Å²) in [5.74, 6) is 3.01. The molecule has 1 heteroatoms. The van der Waals surface area contributed by atoms with Crippen LogP contribution in [0.15, 0.2) is 42.5 Å². The minimum atomic E-state index is 0.441. The van der Waals surface area contributed by atoms with Gasteiger partial charge in [-0.2, -0.15) is 0 Å². The normalized spacial score (nSPS) is 20.1. The molecule has 2 aromatic rings. The number of rotatable bonds is 6. The van der Waals surface area contributed by atoms with Gasteiger partial charge in [0.2, 0.25) is 0 Å². The Morgan fingerprint density at radius 3 is 2.33 bits per heavy atom. The maximum absolute atomic E-state index is 3.83. The fourth-order valence-electron chi connectivity index (χ4n) is 3.82. The molecule has 0 radical (unpaired) electrons. The Morgan fingerprint density at radius 2 is 1.62 bits per heavy atom. The van der Waals surface area contributed by atoms with Crippen LogP contribution in [0.25, 0.3) is 10.8 Å². The van der Waals surface area contributed by atoms with Crippen molar-refractivity contribution >= 4 is 10.8 Å². The molecule has 0 heterocycles. The van der Waals surface area contributed by atoms with Crippen LogP contribution in [0.5, 0.6) is 0 Å². The first-order valence-electron chi connectivity index (χ1n) is 8.54. The van der Waals surface area contributed by atoms with Crippen LogP contribution in [0.3, 0.4) is 0 Å². The molecule has 0 spiro atoms. The van der Waals surface area contributed by atoms with E-state index in [-0.39, 0.29) is 0 Å². The number of nitrogens with one attached hydrogen (secondary N) is 1. The van der Waals surface area contributed by atoms with E-state index >= 15 is 0 Å². The van der Waals surface area contributed by atoms with Crippen LogP contribution in [0, 0.1) is 17.8 Å². The summed E-state index contributed by atoms with van der Waals surface area (Å²) in [7, 11) is 0. The molecule has 1 nitrogen and oxygen atoms in total. The molecular weight excluding hydrogens is 254 g/mol. The van der Waals surface area contributed by atoms with Crippen molar-refractivity contribution in [3.63, 3.8) is 0 Å². The van der Waals surface area contributed by atoms with Gasteiger partial charge in [0.25, 0.3) is 0 Å². The topological polar surface area (TPSA) is 12.0 Å². The predicted molar refractivity (Wildman–Crippen MR) is 89.3 cm³/mol. The molecule has 2 aromatic carbocycles. The third kappa shape index (κ3) is 2.85. The van der Waals surface area contributed by atoms with Crippen molar-refractivity contribution < 1.29 is 0 Å². The van der Waals surface area contributed by atoms with Crippen molar-refractivity contribution in [2.75, 3.05) is 6.54 Å². The van der Waals surface area contributed by atoms with E-state index in [1.165, 1.54) is 48.6 Å². The Balaban J connectivity index is 1.49. The third-order valence-corrected chi connectivity index (χ3v) is 5.40. The summed E-state index contributed by atoms with van der Waals surface area (Å²) in [5.41, 5.74) is 1.44. The minimum absolute atomic E-state index is 0.441. The van der Waals surface area contributed by atoms with E-state index in [1.807, 2.05) is 0 Å². The molecule has 2 aliphatic rings. The van der Waals surface area contributed by atoms with Crippen LogP contribution in [-0.2, 0) is 0 Å². The zero-order chi connectivity index (χ0) is 14.2. The number of hydrogen-bond donors (Lipinski definition) is 1.